The highest BCUT2D eigenvalue weighted by molar-refractivity contribution is 5.81. The molecule has 98 valence electrons. The maximum atomic E-state index is 11.8. The van der Waals surface area contributed by atoms with Gasteiger partial charge < -0.3 is 11.1 Å². The molecule has 0 spiro atoms. The van der Waals surface area contributed by atoms with Crippen molar-refractivity contribution in [3.05, 3.63) is 35.9 Å². The Balaban J connectivity index is 1.66. The van der Waals surface area contributed by atoms with Gasteiger partial charge in [0.15, 0.2) is 0 Å². The van der Waals surface area contributed by atoms with Crippen LogP contribution in [0, 0.1) is 5.92 Å². The minimum absolute atomic E-state index is 0.00201. The second-order valence-corrected chi connectivity index (χ2v) is 5.17. The van der Waals surface area contributed by atoms with Crippen molar-refractivity contribution in [2.45, 2.75) is 38.1 Å². The number of carbonyl (C=O) groups excluding carboxylic acids is 1. The van der Waals surface area contributed by atoms with Gasteiger partial charge in [0.25, 0.3) is 0 Å². The summed E-state index contributed by atoms with van der Waals surface area (Å²) < 4.78 is 0. The number of nitrogens with one attached hydrogen (secondary N) is 1. The summed E-state index contributed by atoms with van der Waals surface area (Å²) in [5.74, 6) is 0.688. The fourth-order valence-corrected chi connectivity index (χ4v) is 2.17. The number of hydrogen-bond acceptors (Lipinski definition) is 2. The summed E-state index contributed by atoms with van der Waals surface area (Å²) in [5, 5.41) is 2.96. The fraction of sp³-hybridized carbons (Fsp3) is 0.533. The molecular formula is C15H22N2O. The van der Waals surface area contributed by atoms with Gasteiger partial charge in [0.1, 0.15) is 0 Å². The van der Waals surface area contributed by atoms with Crippen molar-refractivity contribution in [2.24, 2.45) is 11.7 Å². The van der Waals surface area contributed by atoms with E-state index in [9.17, 15) is 4.79 Å². The topological polar surface area (TPSA) is 55.1 Å². The molecule has 1 unspecified atom stereocenters. The SMILES string of the molecule is NC(CCc1ccccc1)C(=O)NCC1CCC1. The van der Waals surface area contributed by atoms with Crippen LogP contribution >= 0.6 is 0 Å². The minimum Gasteiger partial charge on any atom is -0.354 e. The molecule has 0 aliphatic heterocycles. The highest BCUT2D eigenvalue weighted by atomic mass is 16.2. The number of benzene rings is 1. The molecule has 1 amide bonds. The maximum Gasteiger partial charge on any atom is 0.236 e. The zero-order valence-electron chi connectivity index (χ0n) is 10.8. The van der Waals surface area contributed by atoms with E-state index >= 15 is 0 Å². The lowest BCUT2D eigenvalue weighted by molar-refractivity contribution is -0.122. The Morgan fingerprint density at radius 2 is 2.06 bits per heavy atom. The van der Waals surface area contributed by atoms with Crippen LogP contribution in [0.15, 0.2) is 30.3 Å². The second kappa shape index (κ2) is 6.55. The molecule has 3 nitrogen and oxygen atoms in total. The third-order valence-electron chi connectivity index (χ3n) is 3.71. The van der Waals surface area contributed by atoms with Crippen LogP contribution < -0.4 is 11.1 Å². The van der Waals surface area contributed by atoms with E-state index < -0.39 is 0 Å². The third-order valence-corrected chi connectivity index (χ3v) is 3.71. The number of hydrogen-bond donors (Lipinski definition) is 2. The van der Waals surface area contributed by atoms with E-state index in [0.717, 1.165) is 13.0 Å². The normalized spacial score (nSPS) is 16.9. The molecule has 0 bridgehead atoms. The first kappa shape index (κ1) is 13.1. The molecule has 1 aliphatic rings. The van der Waals surface area contributed by atoms with E-state index in [-0.39, 0.29) is 11.9 Å². The summed E-state index contributed by atoms with van der Waals surface area (Å²) in [4.78, 5) is 11.8. The van der Waals surface area contributed by atoms with Crippen molar-refractivity contribution in [3.8, 4) is 0 Å². The van der Waals surface area contributed by atoms with Crippen LogP contribution in [0.4, 0.5) is 0 Å². The Morgan fingerprint density at radius 1 is 1.33 bits per heavy atom. The Labute approximate surface area is 109 Å². The van der Waals surface area contributed by atoms with Crippen molar-refractivity contribution < 1.29 is 4.79 Å². The van der Waals surface area contributed by atoms with E-state index in [1.807, 2.05) is 18.2 Å². The Morgan fingerprint density at radius 3 is 2.67 bits per heavy atom. The first-order valence-electron chi connectivity index (χ1n) is 6.83. The number of nitrogens with two attached hydrogens (primary N) is 1. The molecule has 0 aromatic heterocycles. The molecule has 1 saturated carbocycles. The lowest BCUT2D eigenvalue weighted by Crippen LogP contribution is -2.43. The summed E-state index contributed by atoms with van der Waals surface area (Å²) in [6.07, 6.45) is 5.37. The van der Waals surface area contributed by atoms with Crippen molar-refractivity contribution >= 4 is 5.91 Å². The van der Waals surface area contributed by atoms with Crippen LogP contribution in [-0.2, 0) is 11.2 Å². The van der Waals surface area contributed by atoms with Gasteiger partial charge in [0.05, 0.1) is 6.04 Å². The summed E-state index contributed by atoms with van der Waals surface area (Å²) in [5.41, 5.74) is 7.13. The Kier molecular flexibility index (Phi) is 4.76. The van der Waals surface area contributed by atoms with Gasteiger partial charge in [-0.3, -0.25) is 4.79 Å². The number of rotatable bonds is 6. The molecule has 1 aromatic rings. The van der Waals surface area contributed by atoms with E-state index in [1.165, 1.54) is 24.8 Å². The number of aryl methyl sites for hydroxylation is 1. The predicted molar refractivity (Wildman–Crippen MR) is 73.1 cm³/mol. The van der Waals surface area contributed by atoms with Gasteiger partial charge in [-0.1, -0.05) is 36.8 Å². The first-order valence-corrected chi connectivity index (χ1v) is 6.83. The molecule has 1 aliphatic carbocycles. The van der Waals surface area contributed by atoms with Crippen molar-refractivity contribution in [2.75, 3.05) is 6.54 Å². The van der Waals surface area contributed by atoms with Gasteiger partial charge in [-0.25, -0.2) is 0 Å². The summed E-state index contributed by atoms with van der Waals surface area (Å²) in [6, 6.07) is 9.77. The van der Waals surface area contributed by atoms with Crippen LogP contribution in [-0.4, -0.2) is 18.5 Å². The van der Waals surface area contributed by atoms with E-state index in [0.29, 0.717) is 12.3 Å². The average molecular weight is 246 g/mol. The highest BCUT2D eigenvalue weighted by Crippen LogP contribution is 2.25. The van der Waals surface area contributed by atoms with E-state index in [4.69, 9.17) is 5.73 Å². The van der Waals surface area contributed by atoms with Crippen molar-refractivity contribution in [1.82, 2.24) is 5.32 Å². The zero-order valence-corrected chi connectivity index (χ0v) is 10.8. The van der Waals surface area contributed by atoms with Crippen LogP contribution in [0.2, 0.25) is 0 Å². The predicted octanol–water partition coefficient (Wildman–Crippen LogP) is 1.86. The van der Waals surface area contributed by atoms with E-state index in [2.05, 4.69) is 17.4 Å². The fourth-order valence-electron chi connectivity index (χ4n) is 2.17. The van der Waals surface area contributed by atoms with Gasteiger partial charge in [-0.2, -0.15) is 0 Å². The van der Waals surface area contributed by atoms with Crippen LogP contribution in [0.1, 0.15) is 31.2 Å². The molecule has 3 N–H and O–H groups in total. The Bertz CT molecular complexity index is 373. The molecule has 0 heterocycles. The summed E-state index contributed by atoms with van der Waals surface area (Å²) in [6.45, 7) is 0.803. The smallest absolute Gasteiger partial charge is 0.236 e. The zero-order chi connectivity index (χ0) is 12.8. The number of carbonyl (C=O) groups is 1. The Hall–Kier alpha value is -1.35. The van der Waals surface area contributed by atoms with Gasteiger partial charge in [-0.15, -0.1) is 0 Å². The van der Waals surface area contributed by atoms with Crippen LogP contribution in [0.3, 0.4) is 0 Å². The monoisotopic (exact) mass is 246 g/mol. The van der Waals surface area contributed by atoms with E-state index in [1.54, 1.807) is 0 Å². The molecule has 1 aromatic carbocycles. The largest absolute Gasteiger partial charge is 0.354 e. The van der Waals surface area contributed by atoms with Crippen molar-refractivity contribution in [3.63, 3.8) is 0 Å². The molecule has 3 heteroatoms. The molecule has 18 heavy (non-hydrogen) atoms. The molecule has 0 radical (unpaired) electrons. The lowest BCUT2D eigenvalue weighted by atomic mass is 9.85. The maximum absolute atomic E-state index is 11.8. The van der Waals surface area contributed by atoms with Crippen molar-refractivity contribution in [1.29, 1.82) is 0 Å². The second-order valence-electron chi connectivity index (χ2n) is 5.17. The lowest BCUT2D eigenvalue weighted by Gasteiger charge is -2.26. The van der Waals surface area contributed by atoms with Gasteiger partial charge in [-0.05, 0) is 37.2 Å². The minimum atomic E-state index is -0.384. The molecule has 1 fully saturated rings. The summed E-state index contributed by atoms with van der Waals surface area (Å²) >= 11 is 0. The molecule has 2 rings (SSSR count). The molecule has 0 saturated heterocycles. The molecular weight excluding hydrogens is 224 g/mol. The average Bonchev–Trinajstić information content (AvgIpc) is 2.35. The quantitative estimate of drug-likeness (QED) is 0.805. The third kappa shape index (κ3) is 3.84. The highest BCUT2D eigenvalue weighted by Gasteiger charge is 2.19. The van der Waals surface area contributed by atoms with Gasteiger partial charge >= 0.3 is 0 Å². The van der Waals surface area contributed by atoms with Gasteiger partial charge in [0, 0.05) is 6.54 Å². The van der Waals surface area contributed by atoms with Crippen LogP contribution in [0.5, 0.6) is 0 Å². The van der Waals surface area contributed by atoms with Gasteiger partial charge in [0.2, 0.25) is 5.91 Å². The standard InChI is InChI=1S/C15H22N2O/c16-14(10-9-12-5-2-1-3-6-12)15(18)17-11-13-7-4-8-13/h1-3,5-6,13-14H,4,7-11,16H2,(H,17,18). The number of amides is 1. The molecule has 1 atom stereocenters. The summed E-state index contributed by atoms with van der Waals surface area (Å²) in [7, 11) is 0. The first-order chi connectivity index (χ1) is 8.75. The van der Waals surface area contributed by atoms with Crippen LogP contribution in [0.25, 0.3) is 0 Å².